The molecule has 3 atom stereocenters. The molecule has 0 saturated carbocycles. The van der Waals surface area contributed by atoms with Gasteiger partial charge in [-0.3, -0.25) is 14.4 Å². The van der Waals surface area contributed by atoms with Crippen LogP contribution in [0.3, 0.4) is 0 Å². The Labute approximate surface area is 173 Å². The molecule has 3 aliphatic rings. The summed E-state index contributed by atoms with van der Waals surface area (Å²) in [6.45, 7) is 9.14. The predicted molar refractivity (Wildman–Crippen MR) is 97.0 cm³/mol. The van der Waals surface area contributed by atoms with E-state index in [4.69, 9.17) is 19.0 Å². The highest BCUT2D eigenvalue weighted by Gasteiger charge is 2.79. The third-order valence-electron chi connectivity index (χ3n) is 5.63. The molecule has 0 amide bonds. The molecule has 0 aromatic rings. The van der Waals surface area contributed by atoms with E-state index in [1.165, 1.54) is 32.8 Å². The number of carbonyl (C=O) groups is 3. The van der Waals surface area contributed by atoms with Gasteiger partial charge in [-0.15, -0.1) is 0 Å². The zero-order valence-corrected chi connectivity index (χ0v) is 18.0. The molecule has 1 spiro atoms. The average Bonchev–Trinajstić information content (AvgIpc) is 2.56. The van der Waals surface area contributed by atoms with Crippen molar-refractivity contribution in [2.45, 2.75) is 94.7 Å². The first-order chi connectivity index (χ1) is 13.4. The predicted octanol–water partition coefficient (Wildman–Crippen LogP) is -0.495. The first-order valence-electron chi connectivity index (χ1n) is 9.65. The lowest BCUT2D eigenvalue weighted by molar-refractivity contribution is -0.463. The third-order valence-corrected chi connectivity index (χ3v) is 5.63. The lowest BCUT2D eigenvalue weighted by Crippen LogP contribution is -2.83. The summed E-state index contributed by atoms with van der Waals surface area (Å²) < 4.78 is 16.2. The molecule has 11 heteroatoms. The maximum Gasteiger partial charge on any atom is 0.342 e. The highest BCUT2D eigenvalue weighted by Crippen LogP contribution is 2.55. The molecule has 3 aliphatic heterocycles. The number of aliphatic hydroxyl groups is 3. The first-order valence-corrected chi connectivity index (χ1v) is 9.65. The Hall–Kier alpha value is -1.79. The number of ether oxygens (including phenoxy) is 3. The second-order valence-electron chi connectivity index (χ2n) is 10.1. The van der Waals surface area contributed by atoms with Gasteiger partial charge < -0.3 is 29.5 Å². The fourth-order valence-electron chi connectivity index (χ4n) is 4.57. The lowest BCUT2D eigenvalue weighted by atomic mass is 9.72. The summed E-state index contributed by atoms with van der Waals surface area (Å²) in [7, 11) is 0. The fourth-order valence-corrected chi connectivity index (χ4v) is 4.57. The number of piperidine rings is 1. The number of fused-ring (bicyclic) bond motifs is 2. The van der Waals surface area contributed by atoms with Gasteiger partial charge in [-0.25, -0.2) is 4.79 Å². The number of hydrogen-bond acceptors (Lipinski definition) is 11. The molecule has 3 fully saturated rings. The molecule has 170 valence electrons. The second-order valence-corrected chi connectivity index (χ2v) is 10.1. The SMILES string of the molecule is CC(C)(O)CON1C(C)(C)C[C@@]2(O)OC(=O)C[C@@]3(O)CC(=O)O[C@@]2(OC3=O)C1(C)C. The van der Waals surface area contributed by atoms with Crippen molar-refractivity contribution in [2.75, 3.05) is 6.61 Å². The van der Waals surface area contributed by atoms with Crippen molar-refractivity contribution in [3.8, 4) is 0 Å². The minimum atomic E-state index is -2.57. The molecule has 0 aliphatic carbocycles. The zero-order valence-electron chi connectivity index (χ0n) is 18.0. The van der Waals surface area contributed by atoms with Gasteiger partial charge >= 0.3 is 23.7 Å². The Morgan fingerprint density at radius 2 is 1.53 bits per heavy atom. The minimum Gasteiger partial charge on any atom is -0.424 e. The first kappa shape index (κ1) is 22.9. The maximum atomic E-state index is 12.8. The van der Waals surface area contributed by atoms with Crippen LogP contribution in [0.2, 0.25) is 0 Å². The molecule has 0 radical (unpaired) electrons. The van der Waals surface area contributed by atoms with E-state index < -0.39 is 64.6 Å². The van der Waals surface area contributed by atoms with Gasteiger partial charge in [0.1, 0.15) is 5.54 Å². The zero-order chi connectivity index (χ0) is 23.0. The molecule has 0 aromatic carbocycles. The molecule has 0 aromatic heterocycles. The van der Waals surface area contributed by atoms with Crippen LogP contribution in [0.4, 0.5) is 0 Å². The average molecular weight is 431 g/mol. The summed E-state index contributed by atoms with van der Waals surface area (Å²) in [4.78, 5) is 43.7. The Kier molecular flexibility index (Phi) is 4.85. The summed E-state index contributed by atoms with van der Waals surface area (Å²) in [6, 6.07) is 0. The van der Waals surface area contributed by atoms with E-state index in [-0.39, 0.29) is 13.0 Å². The maximum absolute atomic E-state index is 12.8. The quantitative estimate of drug-likeness (QED) is 0.496. The largest absolute Gasteiger partial charge is 0.424 e. The molecule has 30 heavy (non-hydrogen) atoms. The van der Waals surface area contributed by atoms with Crippen LogP contribution in [-0.4, -0.2) is 78.8 Å². The van der Waals surface area contributed by atoms with Crippen LogP contribution in [0.1, 0.15) is 60.8 Å². The van der Waals surface area contributed by atoms with Gasteiger partial charge in [0.05, 0.1) is 25.0 Å². The van der Waals surface area contributed by atoms with E-state index in [9.17, 15) is 29.7 Å². The Balaban J connectivity index is 2.20. The summed E-state index contributed by atoms with van der Waals surface area (Å²) in [6.07, 6.45) is -2.10. The smallest absolute Gasteiger partial charge is 0.342 e. The van der Waals surface area contributed by atoms with Crippen LogP contribution >= 0.6 is 0 Å². The number of rotatable bonds is 3. The Morgan fingerprint density at radius 1 is 1.00 bits per heavy atom. The van der Waals surface area contributed by atoms with Gasteiger partial charge in [-0.1, -0.05) is 0 Å². The molecule has 11 nitrogen and oxygen atoms in total. The molecular formula is C19H29NO10. The number of esters is 3. The Bertz CT molecular complexity index is 787. The molecular weight excluding hydrogens is 402 g/mol. The fraction of sp³-hybridized carbons (Fsp3) is 0.842. The van der Waals surface area contributed by atoms with Crippen LogP contribution in [-0.2, 0) is 33.4 Å². The third kappa shape index (κ3) is 3.28. The van der Waals surface area contributed by atoms with Crippen LogP contribution in [0.5, 0.6) is 0 Å². The van der Waals surface area contributed by atoms with Gasteiger partial charge in [0, 0.05) is 12.0 Å². The van der Waals surface area contributed by atoms with E-state index in [2.05, 4.69) is 0 Å². The van der Waals surface area contributed by atoms with Crippen LogP contribution in [0, 0.1) is 0 Å². The highest BCUT2D eigenvalue weighted by molar-refractivity contribution is 5.92. The van der Waals surface area contributed by atoms with Crippen LogP contribution in [0.25, 0.3) is 0 Å². The molecule has 3 saturated heterocycles. The van der Waals surface area contributed by atoms with Gasteiger partial charge in [-0.2, -0.15) is 5.06 Å². The highest BCUT2D eigenvalue weighted by atomic mass is 16.8. The van der Waals surface area contributed by atoms with Crippen LogP contribution < -0.4 is 0 Å². The summed E-state index contributed by atoms with van der Waals surface area (Å²) >= 11 is 0. The summed E-state index contributed by atoms with van der Waals surface area (Å²) in [5.41, 5.74) is -6.40. The lowest BCUT2D eigenvalue weighted by Gasteiger charge is -2.62. The topological polar surface area (TPSA) is 152 Å². The van der Waals surface area contributed by atoms with Crippen molar-refractivity contribution < 1.29 is 48.8 Å². The van der Waals surface area contributed by atoms with Gasteiger partial charge in [0.25, 0.3) is 5.79 Å². The van der Waals surface area contributed by atoms with Crippen LogP contribution in [0.15, 0.2) is 0 Å². The van der Waals surface area contributed by atoms with Crippen molar-refractivity contribution in [1.29, 1.82) is 0 Å². The van der Waals surface area contributed by atoms with E-state index in [0.29, 0.717) is 0 Å². The number of hydroxylamine groups is 2. The minimum absolute atomic E-state index is 0.181. The van der Waals surface area contributed by atoms with Crippen molar-refractivity contribution in [2.24, 2.45) is 0 Å². The Morgan fingerprint density at radius 3 is 2.07 bits per heavy atom. The van der Waals surface area contributed by atoms with Gasteiger partial charge in [-0.05, 0) is 41.5 Å². The molecule has 3 N–H and O–H groups in total. The molecule has 0 unspecified atom stereocenters. The van der Waals surface area contributed by atoms with Crippen molar-refractivity contribution in [3.63, 3.8) is 0 Å². The molecule has 3 rings (SSSR count). The van der Waals surface area contributed by atoms with E-state index in [0.717, 1.165) is 0 Å². The van der Waals surface area contributed by atoms with Gasteiger partial charge in [0.15, 0.2) is 5.60 Å². The van der Waals surface area contributed by atoms with Crippen molar-refractivity contribution in [1.82, 2.24) is 5.06 Å². The van der Waals surface area contributed by atoms with Crippen molar-refractivity contribution in [3.05, 3.63) is 0 Å². The van der Waals surface area contributed by atoms with E-state index in [1.807, 2.05) is 0 Å². The normalized spacial score (nSPS) is 38.5. The van der Waals surface area contributed by atoms with Crippen molar-refractivity contribution >= 4 is 17.9 Å². The standard InChI is InChI=1S/C19H29NO10/c1-14(2)9-18(26)19(16(5,6)20(14)27-10-15(3,4)24)29-12(22)8-17(25,13(23)30-19)7-11(21)28-18/h24-26H,7-10H2,1-6H3/t17-,18-,19-/m1/s1. The number of carbonyl (C=O) groups excluding carboxylic acids is 3. The molecule has 2 bridgehead atoms. The summed E-state index contributed by atoms with van der Waals surface area (Å²) in [5.74, 6) is -8.56. The van der Waals surface area contributed by atoms with E-state index >= 15 is 0 Å². The molecule has 3 heterocycles. The summed E-state index contributed by atoms with van der Waals surface area (Å²) in [5, 5.41) is 33.5. The number of hydrogen-bond donors (Lipinski definition) is 3. The van der Waals surface area contributed by atoms with E-state index in [1.54, 1.807) is 13.8 Å². The van der Waals surface area contributed by atoms with Gasteiger partial charge in [0.2, 0.25) is 0 Å². The second kappa shape index (κ2) is 6.36. The monoisotopic (exact) mass is 431 g/mol. The number of nitrogens with zero attached hydrogens (tertiary/aromatic N) is 1.